The zero-order chi connectivity index (χ0) is 27.9. The van der Waals surface area contributed by atoms with Crippen molar-refractivity contribution >= 4 is 5.82 Å². The van der Waals surface area contributed by atoms with Crippen LogP contribution in [-0.4, -0.2) is 15.1 Å². The number of hydrogen-bond donors (Lipinski definition) is 2. The summed E-state index contributed by atoms with van der Waals surface area (Å²) in [6.07, 6.45) is 2.78. The Kier molecular flexibility index (Phi) is 23.0. The predicted molar refractivity (Wildman–Crippen MR) is 168 cm³/mol. The monoisotopic (exact) mass is 517 g/mol. The number of aliphatic hydroxyl groups excluding tert-OH is 1. The quantitative estimate of drug-likeness (QED) is 0.256. The van der Waals surface area contributed by atoms with E-state index < -0.39 is 6.10 Å². The van der Waals surface area contributed by atoms with Crippen LogP contribution in [0.1, 0.15) is 97.7 Å². The van der Waals surface area contributed by atoms with Crippen molar-refractivity contribution in [2.75, 3.05) is 5.32 Å². The summed E-state index contributed by atoms with van der Waals surface area (Å²) in [4.78, 5) is 9.03. The minimum absolute atomic E-state index is 0. The minimum atomic E-state index is -0.743. The van der Waals surface area contributed by atoms with E-state index in [9.17, 15) is 5.11 Å². The number of nitrogens with zero attached hydrogens (tertiary/aromatic N) is 2. The van der Waals surface area contributed by atoms with Gasteiger partial charge in [-0.15, -0.1) is 0 Å². The summed E-state index contributed by atoms with van der Waals surface area (Å²) in [5, 5.41) is 15.0. The van der Waals surface area contributed by atoms with Crippen LogP contribution >= 0.6 is 0 Å². The Morgan fingerprint density at radius 1 is 0.553 bits per heavy atom. The topological polar surface area (TPSA) is 58.0 Å². The summed E-state index contributed by atoms with van der Waals surface area (Å²) in [5.41, 5.74) is 2.73. The molecule has 0 saturated heterocycles. The molecule has 2 aromatic carbocycles. The highest BCUT2D eigenvalue weighted by atomic mass is 16.3. The van der Waals surface area contributed by atoms with Crippen molar-refractivity contribution in [3.8, 4) is 0 Å². The van der Waals surface area contributed by atoms with Crippen LogP contribution in [0.4, 0.5) is 5.82 Å². The lowest BCUT2D eigenvalue weighted by Gasteiger charge is -2.32. The number of rotatable bonds is 7. The zero-order valence-corrected chi connectivity index (χ0v) is 24.0. The van der Waals surface area contributed by atoms with E-state index in [1.54, 1.807) is 12.4 Å². The molecule has 2 heterocycles. The Balaban J connectivity index is 0. The Morgan fingerprint density at radius 3 is 1.45 bits per heavy atom. The van der Waals surface area contributed by atoms with Crippen molar-refractivity contribution in [2.45, 2.75) is 80.9 Å². The largest absolute Gasteiger partial charge is 0.388 e. The molecule has 0 aliphatic carbocycles. The average Bonchev–Trinajstić information content (AvgIpc) is 3.03. The van der Waals surface area contributed by atoms with Crippen LogP contribution in [0.25, 0.3) is 0 Å². The van der Waals surface area contributed by atoms with Crippen LogP contribution in [0.3, 0.4) is 0 Å². The van der Waals surface area contributed by atoms with Crippen LogP contribution in [0.5, 0.6) is 0 Å². The fourth-order valence-corrected chi connectivity index (χ4v) is 3.59. The van der Waals surface area contributed by atoms with Crippen LogP contribution in [0.2, 0.25) is 0 Å². The molecule has 4 heteroatoms. The van der Waals surface area contributed by atoms with Gasteiger partial charge >= 0.3 is 0 Å². The molecule has 0 radical (unpaired) electrons. The number of hydrogen-bond acceptors (Lipinski definition) is 4. The van der Waals surface area contributed by atoms with Crippen molar-refractivity contribution in [1.82, 2.24) is 9.97 Å². The highest BCUT2D eigenvalue weighted by molar-refractivity contribution is 5.41. The zero-order valence-electron chi connectivity index (χ0n) is 24.0. The van der Waals surface area contributed by atoms with Gasteiger partial charge in [0.05, 0.1) is 18.1 Å². The van der Waals surface area contributed by atoms with E-state index in [1.165, 1.54) is 0 Å². The van der Waals surface area contributed by atoms with Crippen LogP contribution in [-0.2, 0) is 0 Å². The molecule has 208 valence electrons. The highest BCUT2D eigenvalue weighted by Crippen LogP contribution is 2.41. The molecular weight excluding hydrogens is 466 g/mol. The van der Waals surface area contributed by atoms with E-state index in [1.807, 2.05) is 140 Å². The molecule has 0 saturated carbocycles. The molecule has 4 rings (SSSR count). The SMILES string of the molecule is C.CC.CC.CC.CC.OC(c1ccccc1)C(c1ccccn1)C(Nc1ccccn1)c1ccccc1. The lowest BCUT2D eigenvalue weighted by molar-refractivity contribution is 0.133. The van der Waals surface area contributed by atoms with Gasteiger partial charge in [-0.25, -0.2) is 4.98 Å². The van der Waals surface area contributed by atoms with Crippen molar-refractivity contribution < 1.29 is 5.11 Å². The first kappa shape index (κ1) is 36.7. The lowest BCUT2D eigenvalue weighted by atomic mass is 9.82. The fraction of sp³-hybridized carbons (Fsp3) is 0.353. The number of benzene rings is 2. The Hall–Kier alpha value is -3.50. The van der Waals surface area contributed by atoms with Gasteiger partial charge in [0.25, 0.3) is 0 Å². The maximum Gasteiger partial charge on any atom is 0.126 e. The van der Waals surface area contributed by atoms with Gasteiger partial charge in [0, 0.05) is 18.1 Å². The third-order valence-corrected chi connectivity index (χ3v) is 5.00. The van der Waals surface area contributed by atoms with Gasteiger partial charge < -0.3 is 10.4 Å². The van der Waals surface area contributed by atoms with Crippen molar-refractivity contribution in [2.24, 2.45) is 0 Å². The first-order valence-electron chi connectivity index (χ1n) is 13.7. The molecule has 0 spiro atoms. The van der Waals surface area contributed by atoms with Gasteiger partial charge in [-0.2, -0.15) is 0 Å². The second-order valence-corrected chi connectivity index (χ2v) is 6.88. The lowest BCUT2D eigenvalue weighted by Crippen LogP contribution is -2.26. The van der Waals surface area contributed by atoms with E-state index in [-0.39, 0.29) is 19.4 Å². The maximum atomic E-state index is 11.4. The summed E-state index contributed by atoms with van der Waals surface area (Å²) in [6, 6.07) is 31.2. The maximum absolute atomic E-state index is 11.4. The standard InChI is InChI=1S/C25H23N3O.4C2H6.CH4/c29-25(20-13-5-2-6-14-20)23(21-15-7-9-17-26-21)24(19-11-3-1-4-12-19)28-22-16-8-10-18-27-22;4*1-2;/h1-18,23-25,29H,(H,27,28);4*1-2H3;1H4. The van der Waals surface area contributed by atoms with Crippen LogP contribution < -0.4 is 5.32 Å². The highest BCUT2D eigenvalue weighted by Gasteiger charge is 2.33. The summed E-state index contributed by atoms with van der Waals surface area (Å²) in [6.45, 7) is 16.0. The van der Waals surface area contributed by atoms with Gasteiger partial charge in [0.1, 0.15) is 5.82 Å². The van der Waals surface area contributed by atoms with Crippen molar-refractivity contribution in [3.05, 3.63) is 126 Å². The van der Waals surface area contributed by atoms with Gasteiger partial charge in [-0.1, -0.05) is 136 Å². The molecule has 0 aliphatic heterocycles. The summed E-state index contributed by atoms with van der Waals surface area (Å²) in [7, 11) is 0. The fourth-order valence-electron chi connectivity index (χ4n) is 3.59. The molecular formula is C34H51N3O. The third kappa shape index (κ3) is 11.7. The molecule has 2 aromatic heterocycles. The van der Waals surface area contributed by atoms with Crippen molar-refractivity contribution in [3.63, 3.8) is 0 Å². The molecule has 3 unspecified atom stereocenters. The molecule has 0 bridgehead atoms. The summed E-state index contributed by atoms with van der Waals surface area (Å²) < 4.78 is 0. The molecule has 3 atom stereocenters. The molecule has 4 nitrogen and oxygen atoms in total. The molecule has 38 heavy (non-hydrogen) atoms. The summed E-state index contributed by atoms with van der Waals surface area (Å²) in [5.74, 6) is 0.436. The van der Waals surface area contributed by atoms with Gasteiger partial charge in [0.15, 0.2) is 0 Å². The normalized spacial score (nSPS) is 11.3. The van der Waals surface area contributed by atoms with Crippen molar-refractivity contribution in [1.29, 1.82) is 0 Å². The molecule has 0 fully saturated rings. The molecule has 0 aliphatic rings. The second kappa shape index (κ2) is 23.9. The van der Waals surface area contributed by atoms with Crippen LogP contribution in [0.15, 0.2) is 109 Å². The van der Waals surface area contributed by atoms with E-state index in [0.717, 1.165) is 22.6 Å². The van der Waals surface area contributed by atoms with E-state index >= 15 is 0 Å². The number of nitrogens with one attached hydrogen (secondary N) is 1. The van der Waals surface area contributed by atoms with Crippen LogP contribution in [0, 0.1) is 0 Å². The second-order valence-electron chi connectivity index (χ2n) is 6.88. The Labute approximate surface area is 233 Å². The van der Waals surface area contributed by atoms with E-state index in [0.29, 0.717) is 0 Å². The Morgan fingerprint density at radius 2 is 1.00 bits per heavy atom. The number of anilines is 1. The molecule has 4 aromatic rings. The Bertz CT molecular complexity index is 997. The first-order chi connectivity index (χ1) is 18.3. The predicted octanol–water partition coefficient (Wildman–Crippen LogP) is 9.89. The van der Waals surface area contributed by atoms with Gasteiger partial charge in [-0.05, 0) is 35.4 Å². The van der Waals surface area contributed by atoms with Gasteiger partial charge in [0.2, 0.25) is 0 Å². The number of aliphatic hydroxyl groups is 1. The molecule has 0 amide bonds. The summed E-state index contributed by atoms with van der Waals surface area (Å²) >= 11 is 0. The average molecular weight is 518 g/mol. The first-order valence-corrected chi connectivity index (χ1v) is 13.7. The van der Waals surface area contributed by atoms with E-state index in [2.05, 4.69) is 27.4 Å². The van der Waals surface area contributed by atoms with Gasteiger partial charge in [-0.3, -0.25) is 4.98 Å². The minimum Gasteiger partial charge on any atom is -0.388 e. The smallest absolute Gasteiger partial charge is 0.126 e. The molecule has 2 N–H and O–H groups in total. The van der Waals surface area contributed by atoms with E-state index in [4.69, 9.17) is 0 Å². The number of aromatic nitrogens is 2. The number of pyridine rings is 2. The third-order valence-electron chi connectivity index (χ3n) is 5.00.